The van der Waals surface area contributed by atoms with E-state index >= 15 is 0 Å². The molecule has 0 bridgehead atoms. The number of fused-ring (bicyclic) bond motifs is 2. The van der Waals surface area contributed by atoms with E-state index in [-0.39, 0.29) is 11.8 Å². The summed E-state index contributed by atoms with van der Waals surface area (Å²) in [6, 6.07) is 13.5. The van der Waals surface area contributed by atoms with E-state index < -0.39 is 0 Å². The Labute approximate surface area is 139 Å². The first kappa shape index (κ1) is 14.3. The second-order valence-electron chi connectivity index (χ2n) is 5.83. The van der Waals surface area contributed by atoms with Gasteiger partial charge in [0, 0.05) is 28.1 Å². The molecule has 0 aliphatic carbocycles. The molecule has 4 rings (SSSR count). The van der Waals surface area contributed by atoms with Crippen molar-refractivity contribution >= 4 is 34.2 Å². The summed E-state index contributed by atoms with van der Waals surface area (Å²) >= 11 is 6.11. The number of carbonyl (C=O) groups is 1. The van der Waals surface area contributed by atoms with Gasteiger partial charge in [0.1, 0.15) is 11.3 Å². The molecule has 1 aliphatic heterocycles. The highest BCUT2D eigenvalue weighted by atomic mass is 35.5. The van der Waals surface area contributed by atoms with Gasteiger partial charge in [-0.3, -0.25) is 4.79 Å². The Balaban J connectivity index is 1.80. The average molecular weight is 326 g/mol. The fourth-order valence-corrected chi connectivity index (χ4v) is 3.54. The molecule has 1 atom stereocenters. The molecular weight excluding hydrogens is 310 g/mol. The van der Waals surface area contributed by atoms with E-state index in [2.05, 4.69) is 18.3 Å². The van der Waals surface area contributed by atoms with E-state index in [0.717, 1.165) is 40.0 Å². The summed E-state index contributed by atoms with van der Waals surface area (Å²) in [5.74, 6) is 0.749. The van der Waals surface area contributed by atoms with Gasteiger partial charge >= 0.3 is 0 Å². The third kappa shape index (κ3) is 2.32. The van der Waals surface area contributed by atoms with Crippen molar-refractivity contribution < 1.29 is 9.21 Å². The number of aryl methyl sites for hydroxylation is 1. The van der Waals surface area contributed by atoms with E-state index in [9.17, 15) is 4.79 Å². The topological polar surface area (TPSA) is 42.2 Å². The average Bonchev–Trinajstić information content (AvgIpc) is 3.06. The molecule has 3 nitrogen and oxygen atoms in total. The van der Waals surface area contributed by atoms with Crippen LogP contribution in [0.15, 0.2) is 46.9 Å². The van der Waals surface area contributed by atoms with Crippen LogP contribution in [0.3, 0.4) is 0 Å². The quantitative estimate of drug-likeness (QED) is 0.742. The molecule has 0 spiro atoms. The molecule has 0 saturated heterocycles. The van der Waals surface area contributed by atoms with Crippen LogP contribution in [0.5, 0.6) is 0 Å². The zero-order valence-corrected chi connectivity index (χ0v) is 13.5. The minimum absolute atomic E-state index is 0.0228. The number of carbonyl (C=O) groups excluding carboxylic acids is 1. The van der Waals surface area contributed by atoms with Crippen LogP contribution in [0.4, 0.5) is 5.69 Å². The van der Waals surface area contributed by atoms with Gasteiger partial charge < -0.3 is 9.73 Å². The summed E-state index contributed by atoms with van der Waals surface area (Å²) in [4.78, 5) is 12.4. The number of amides is 1. The molecule has 1 aliphatic rings. The van der Waals surface area contributed by atoms with Gasteiger partial charge in [-0.1, -0.05) is 36.7 Å². The van der Waals surface area contributed by atoms with Crippen molar-refractivity contribution in [3.8, 4) is 0 Å². The predicted molar refractivity (Wildman–Crippen MR) is 92.1 cm³/mol. The molecule has 0 saturated carbocycles. The first-order chi connectivity index (χ1) is 11.2. The normalized spacial score (nSPS) is 16.6. The molecule has 1 N–H and O–H groups in total. The van der Waals surface area contributed by atoms with Crippen molar-refractivity contribution in [3.63, 3.8) is 0 Å². The van der Waals surface area contributed by atoms with E-state index in [0.29, 0.717) is 11.4 Å². The lowest BCUT2D eigenvalue weighted by Crippen LogP contribution is -2.14. The first-order valence-corrected chi connectivity index (χ1v) is 8.14. The minimum Gasteiger partial charge on any atom is -0.461 e. The lowest BCUT2D eigenvalue weighted by atomic mass is 9.91. The molecule has 2 aromatic carbocycles. The molecular formula is C19H16ClNO2. The van der Waals surface area contributed by atoms with Crippen molar-refractivity contribution in [1.82, 2.24) is 0 Å². The van der Waals surface area contributed by atoms with E-state index in [1.165, 1.54) is 0 Å². The number of para-hydroxylation sites is 1. The van der Waals surface area contributed by atoms with Crippen molar-refractivity contribution in [2.45, 2.75) is 25.7 Å². The van der Waals surface area contributed by atoms with E-state index in [4.69, 9.17) is 16.0 Å². The van der Waals surface area contributed by atoms with Gasteiger partial charge in [-0.05, 0) is 36.2 Å². The molecule has 4 heteroatoms. The van der Waals surface area contributed by atoms with Crippen LogP contribution >= 0.6 is 11.6 Å². The molecule has 1 amide bonds. The van der Waals surface area contributed by atoms with Crippen LogP contribution in [0, 0.1) is 0 Å². The molecule has 3 aromatic rings. The summed E-state index contributed by atoms with van der Waals surface area (Å²) in [6.07, 6.45) is 1.43. The molecule has 116 valence electrons. The van der Waals surface area contributed by atoms with Crippen LogP contribution in [0.1, 0.15) is 29.7 Å². The van der Waals surface area contributed by atoms with Crippen molar-refractivity contribution in [2.75, 3.05) is 5.32 Å². The van der Waals surface area contributed by atoms with Crippen molar-refractivity contribution in [1.29, 1.82) is 0 Å². The van der Waals surface area contributed by atoms with Crippen LogP contribution in [-0.2, 0) is 17.6 Å². The van der Waals surface area contributed by atoms with Gasteiger partial charge in [0.15, 0.2) is 0 Å². The predicted octanol–water partition coefficient (Wildman–Crippen LogP) is 4.93. The fourth-order valence-electron chi connectivity index (χ4n) is 3.36. The highest BCUT2D eigenvalue weighted by molar-refractivity contribution is 6.31. The number of rotatable bonds is 3. The van der Waals surface area contributed by atoms with Gasteiger partial charge in [-0.15, -0.1) is 0 Å². The summed E-state index contributed by atoms with van der Waals surface area (Å²) in [5.41, 5.74) is 3.82. The Hall–Kier alpha value is -2.26. The summed E-state index contributed by atoms with van der Waals surface area (Å²) < 4.78 is 5.95. The van der Waals surface area contributed by atoms with Gasteiger partial charge in [0.05, 0.1) is 5.92 Å². The van der Waals surface area contributed by atoms with Crippen LogP contribution in [0.2, 0.25) is 5.02 Å². The SMILES string of the molecule is CCc1oc2ccccc2c1CC1C(=O)Nc2ccc(Cl)cc21. The molecule has 1 aromatic heterocycles. The third-order valence-corrected chi connectivity index (χ3v) is 4.71. The van der Waals surface area contributed by atoms with Gasteiger partial charge in [0.25, 0.3) is 0 Å². The summed E-state index contributed by atoms with van der Waals surface area (Å²) in [7, 11) is 0. The summed E-state index contributed by atoms with van der Waals surface area (Å²) in [5, 5.41) is 4.69. The molecule has 1 unspecified atom stereocenters. The minimum atomic E-state index is -0.227. The number of nitrogens with one attached hydrogen (secondary N) is 1. The Kier molecular flexibility index (Phi) is 3.38. The Bertz CT molecular complexity index is 913. The fraction of sp³-hybridized carbons (Fsp3) is 0.211. The highest BCUT2D eigenvalue weighted by Crippen LogP contribution is 2.39. The smallest absolute Gasteiger partial charge is 0.232 e. The maximum absolute atomic E-state index is 12.4. The Morgan fingerprint density at radius 1 is 1.22 bits per heavy atom. The molecule has 0 radical (unpaired) electrons. The van der Waals surface area contributed by atoms with Crippen molar-refractivity contribution in [3.05, 3.63) is 64.4 Å². The zero-order valence-electron chi connectivity index (χ0n) is 12.7. The number of hydrogen-bond donors (Lipinski definition) is 1. The molecule has 23 heavy (non-hydrogen) atoms. The first-order valence-electron chi connectivity index (χ1n) is 7.77. The maximum atomic E-state index is 12.4. The number of furan rings is 1. The number of benzene rings is 2. The van der Waals surface area contributed by atoms with Crippen LogP contribution in [0.25, 0.3) is 11.0 Å². The molecule has 2 heterocycles. The number of halogens is 1. The Morgan fingerprint density at radius 2 is 2.04 bits per heavy atom. The zero-order chi connectivity index (χ0) is 16.0. The lowest BCUT2D eigenvalue weighted by molar-refractivity contribution is -0.117. The summed E-state index contributed by atoms with van der Waals surface area (Å²) in [6.45, 7) is 2.07. The third-order valence-electron chi connectivity index (χ3n) is 4.47. The van der Waals surface area contributed by atoms with Gasteiger partial charge in [-0.25, -0.2) is 0 Å². The Morgan fingerprint density at radius 3 is 2.87 bits per heavy atom. The maximum Gasteiger partial charge on any atom is 0.232 e. The standard InChI is InChI=1S/C19H16ClNO2/c1-2-17-14(12-5-3-4-6-18(12)23-17)10-15-13-9-11(20)7-8-16(13)21-19(15)22/h3-9,15H,2,10H2,1H3,(H,21,22). The molecule has 0 fully saturated rings. The van der Waals surface area contributed by atoms with Crippen molar-refractivity contribution in [2.24, 2.45) is 0 Å². The van der Waals surface area contributed by atoms with Gasteiger partial charge in [-0.2, -0.15) is 0 Å². The monoisotopic (exact) mass is 325 g/mol. The number of hydrogen-bond acceptors (Lipinski definition) is 2. The van der Waals surface area contributed by atoms with E-state index in [1.54, 1.807) is 6.07 Å². The van der Waals surface area contributed by atoms with Gasteiger partial charge in [0.2, 0.25) is 5.91 Å². The highest BCUT2D eigenvalue weighted by Gasteiger charge is 2.32. The van der Waals surface area contributed by atoms with Crippen LogP contribution < -0.4 is 5.32 Å². The largest absolute Gasteiger partial charge is 0.461 e. The second-order valence-corrected chi connectivity index (χ2v) is 6.27. The van der Waals surface area contributed by atoms with E-state index in [1.807, 2.05) is 30.3 Å². The number of anilines is 1. The second kappa shape index (κ2) is 5.43. The van der Waals surface area contributed by atoms with Crippen LogP contribution in [-0.4, -0.2) is 5.91 Å². The lowest BCUT2D eigenvalue weighted by Gasteiger charge is -2.09.